The molecule has 2 heteroatoms. The Morgan fingerprint density at radius 2 is 1.57 bits per heavy atom. The van der Waals surface area contributed by atoms with Gasteiger partial charge in [0.05, 0.1) is 0 Å². The minimum absolute atomic E-state index is 0.0102. The third kappa shape index (κ3) is 3.36. The molecule has 0 saturated heterocycles. The maximum absolute atomic E-state index is 11.9. The normalized spacial score (nSPS) is 50.1. The molecular weight excluding hydrogens is 428 g/mol. The number of ether oxygens (including phenoxy) is 1. The molecule has 0 aromatic heterocycles. The number of esters is 1. The highest BCUT2D eigenvalue weighted by Gasteiger charge is 2.69. The van der Waals surface area contributed by atoms with Gasteiger partial charge in [0.1, 0.15) is 6.10 Å². The highest BCUT2D eigenvalue weighted by Crippen LogP contribution is 2.76. The number of allylic oxidation sites excluding steroid dienone is 3. The molecule has 2 nitrogen and oxygen atoms in total. The predicted molar refractivity (Wildman–Crippen MR) is 145 cm³/mol. The maximum Gasteiger partial charge on any atom is 0.302 e. The van der Waals surface area contributed by atoms with E-state index in [0.29, 0.717) is 28.6 Å². The van der Waals surface area contributed by atoms with E-state index >= 15 is 0 Å². The van der Waals surface area contributed by atoms with E-state index in [9.17, 15) is 4.79 Å². The molecule has 0 spiro atoms. The molecule has 5 aliphatic rings. The number of hydrogen-bond donors (Lipinski definition) is 0. The summed E-state index contributed by atoms with van der Waals surface area (Å²) in [5.74, 6) is 1.61. The Hall–Kier alpha value is -1.05. The highest BCUT2D eigenvalue weighted by atomic mass is 16.5. The third-order valence-electron chi connectivity index (χ3n) is 13.2. The molecule has 0 N–H and O–H groups in total. The molecule has 0 heterocycles. The summed E-state index contributed by atoms with van der Waals surface area (Å²) in [6.45, 7) is 26.6. The Balaban J connectivity index is 1.58. The minimum Gasteiger partial charge on any atom is -0.462 e. The van der Waals surface area contributed by atoms with Crippen LogP contribution in [0.5, 0.6) is 0 Å². The number of hydrogen-bond acceptors (Lipinski definition) is 2. The van der Waals surface area contributed by atoms with Crippen molar-refractivity contribution in [2.75, 3.05) is 0 Å². The summed E-state index contributed by atoms with van der Waals surface area (Å²) in [5, 5.41) is 0. The molecule has 4 fully saturated rings. The first-order valence-electron chi connectivity index (χ1n) is 14.6. The number of fused-ring (bicyclic) bond motifs is 7. The van der Waals surface area contributed by atoms with Gasteiger partial charge in [-0.05, 0) is 103 Å². The molecule has 0 radical (unpaired) electrons. The number of rotatable bonds is 1. The Kier molecular flexibility index (Phi) is 5.49. The van der Waals surface area contributed by atoms with Crippen molar-refractivity contribution in [2.45, 2.75) is 126 Å². The summed E-state index contributed by atoms with van der Waals surface area (Å²) in [5.41, 5.74) is 4.74. The van der Waals surface area contributed by atoms with Crippen molar-refractivity contribution in [2.24, 2.45) is 50.2 Å². The molecular formula is C33H52O2. The van der Waals surface area contributed by atoms with Crippen LogP contribution in [0.1, 0.15) is 120 Å². The third-order valence-corrected chi connectivity index (χ3v) is 13.2. The van der Waals surface area contributed by atoms with Gasteiger partial charge < -0.3 is 4.74 Å². The summed E-state index contributed by atoms with van der Waals surface area (Å²) >= 11 is 0. The molecule has 0 aromatic carbocycles. The fraction of sp³-hybridized carbons (Fsp3) is 0.848. The summed E-state index contributed by atoms with van der Waals surface area (Å²) < 4.78 is 5.91. The van der Waals surface area contributed by atoms with Crippen molar-refractivity contribution < 1.29 is 9.53 Å². The first kappa shape index (κ1) is 25.6. The molecule has 196 valence electrons. The zero-order valence-electron chi connectivity index (χ0n) is 24.3. The van der Waals surface area contributed by atoms with Gasteiger partial charge in [-0.15, -0.1) is 0 Å². The zero-order chi connectivity index (χ0) is 25.8. The minimum atomic E-state index is -0.129. The molecule has 0 bridgehead atoms. The maximum atomic E-state index is 11.9. The van der Waals surface area contributed by atoms with Crippen LogP contribution in [0.25, 0.3) is 0 Å². The van der Waals surface area contributed by atoms with Crippen LogP contribution >= 0.6 is 0 Å². The second kappa shape index (κ2) is 7.50. The van der Waals surface area contributed by atoms with Crippen molar-refractivity contribution in [3.63, 3.8) is 0 Å². The fourth-order valence-electron chi connectivity index (χ4n) is 11.0. The van der Waals surface area contributed by atoms with E-state index in [2.05, 4.69) is 61.5 Å². The smallest absolute Gasteiger partial charge is 0.302 e. The molecule has 0 amide bonds. The van der Waals surface area contributed by atoms with Gasteiger partial charge in [0, 0.05) is 12.3 Å². The summed E-state index contributed by atoms with van der Waals surface area (Å²) in [4.78, 5) is 11.9. The Morgan fingerprint density at radius 1 is 0.914 bits per heavy atom. The van der Waals surface area contributed by atoms with Crippen LogP contribution in [-0.2, 0) is 9.53 Å². The first-order valence-corrected chi connectivity index (χ1v) is 14.6. The van der Waals surface area contributed by atoms with Crippen molar-refractivity contribution in [3.05, 3.63) is 23.8 Å². The highest BCUT2D eigenvalue weighted by molar-refractivity contribution is 5.66. The second-order valence-corrected chi connectivity index (χ2v) is 16.0. The van der Waals surface area contributed by atoms with Crippen LogP contribution in [0, 0.1) is 50.2 Å². The van der Waals surface area contributed by atoms with E-state index in [0.717, 1.165) is 12.8 Å². The lowest BCUT2D eigenvalue weighted by Crippen LogP contribution is -2.65. The van der Waals surface area contributed by atoms with Gasteiger partial charge in [-0.1, -0.05) is 79.2 Å². The van der Waals surface area contributed by atoms with Crippen LogP contribution in [0.2, 0.25) is 0 Å². The topological polar surface area (TPSA) is 26.3 Å². The summed E-state index contributed by atoms with van der Waals surface area (Å²) in [7, 11) is 0. The van der Waals surface area contributed by atoms with Crippen LogP contribution < -0.4 is 0 Å². The SMILES string of the molecule is C=C1C=C2C3CC(C)(C)CCC3(C)CCC2(C)C2(C)CCC3C(C)(C)C(OC(C)=O)CCC3(C)C12. The average Bonchev–Trinajstić information content (AvgIpc) is 2.72. The fourth-order valence-corrected chi connectivity index (χ4v) is 11.0. The van der Waals surface area contributed by atoms with Gasteiger partial charge in [-0.2, -0.15) is 0 Å². The molecule has 8 unspecified atom stereocenters. The first-order chi connectivity index (χ1) is 16.0. The molecule has 5 aliphatic carbocycles. The zero-order valence-corrected chi connectivity index (χ0v) is 24.3. The largest absolute Gasteiger partial charge is 0.462 e. The molecule has 4 saturated carbocycles. The van der Waals surface area contributed by atoms with Crippen LogP contribution in [0.3, 0.4) is 0 Å². The monoisotopic (exact) mass is 480 g/mol. The van der Waals surface area contributed by atoms with Gasteiger partial charge in [-0.3, -0.25) is 4.79 Å². The van der Waals surface area contributed by atoms with Gasteiger partial charge in [0.25, 0.3) is 0 Å². The van der Waals surface area contributed by atoms with Gasteiger partial charge in [0.15, 0.2) is 0 Å². The lowest BCUT2D eigenvalue weighted by atomic mass is 9.33. The van der Waals surface area contributed by atoms with Gasteiger partial charge in [-0.25, -0.2) is 0 Å². The summed E-state index contributed by atoms with van der Waals surface area (Å²) in [6.07, 6.45) is 14.0. The summed E-state index contributed by atoms with van der Waals surface area (Å²) in [6, 6.07) is 0. The molecule has 35 heavy (non-hydrogen) atoms. The van der Waals surface area contributed by atoms with Crippen molar-refractivity contribution >= 4 is 5.97 Å². The lowest BCUT2D eigenvalue weighted by Gasteiger charge is -2.71. The molecule has 0 aromatic rings. The van der Waals surface area contributed by atoms with Crippen LogP contribution in [0.4, 0.5) is 0 Å². The quantitative estimate of drug-likeness (QED) is 0.350. The number of carbonyl (C=O) groups is 1. The van der Waals surface area contributed by atoms with Crippen molar-refractivity contribution in [3.8, 4) is 0 Å². The van der Waals surface area contributed by atoms with E-state index in [1.54, 1.807) is 12.5 Å². The standard InChI is InChI=1S/C33H52O2/c1-21-19-23-24-20-28(3,4)15-16-30(24,7)17-18-32(23,9)33(10)14-11-25-29(5,6)26(35-22(2)34)12-13-31(25,8)27(21)33/h19,24-27H,1,11-18,20H2,2-10H3. The van der Waals surface area contributed by atoms with E-state index < -0.39 is 0 Å². The average molecular weight is 481 g/mol. The number of carbonyl (C=O) groups excluding carboxylic acids is 1. The molecule has 0 aliphatic heterocycles. The van der Waals surface area contributed by atoms with Gasteiger partial charge in [0.2, 0.25) is 0 Å². The van der Waals surface area contributed by atoms with E-state index in [-0.39, 0.29) is 33.7 Å². The van der Waals surface area contributed by atoms with Crippen LogP contribution in [0.15, 0.2) is 23.8 Å². The Morgan fingerprint density at radius 3 is 2.23 bits per heavy atom. The van der Waals surface area contributed by atoms with E-state index in [1.165, 1.54) is 50.5 Å². The van der Waals surface area contributed by atoms with E-state index in [4.69, 9.17) is 11.3 Å². The second-order valence-electron chi connectivity index (χ2n) is 16.0. The molecule has 5 rings (SSSR count). The van der Waals surface area contributed by atoms with Crippen LogP contribution in [-0.4, -0.2) is 12.1 Å². The van der Waals surface area contributed by atoms with Gasteiger partial charge >= 0.3 is 5.97 Å². The van der Waals surface area contributed by atoms with E-state index in [1.807, 2.05) is 0 Å². The predicted octanol–water partition coefficient (Wildman–Crippen LogP) is 8.91. The Bertz CT molecular complexity index is 970. The van der Waals surface area contributed by atoms with Crippen molar-refractivity contribution in [1.29, 1.82) is 0 Å². The van der Waals surface area contributed by atoms with Crippen molar-refractivity contribution in [1.82, 2.24) is 0 Å². The lowest BCUT2D eigenvalue weighted by molar-refractivity contribution is -0.202. The molecule has 8 atom stereocenters. The Labute approximate surface area is 215 Å².